The first kappa shape index (κ1) is 21.9. The molecule has 1 fully saturated rings. The molecule has 0 aliphatic heterocycles. The Bertz CT molecular complexity index is 1140. The standard InChI is InChI=1S/C22H26N4O3S2/c1-15(17-6-3-2-4-7-17)24-22(27)18-12-10-16(11-13-18)14-23-31(28,29)20-9-5-8-19-21(20)26-30-25-19/h2-9,15-16,18,23H,10-14H2,1H3,(H,24,27)/t15-,16?,18?/m0/s1. The summed E-state index contributed by atoms with van der Waals surface area (Å²) in [6, 6.07) is 14.9. The Labute approximate surface area is 186 Å². The highest BCUT2D eigenvalue weighted by Crippen LogP contribution is 2.30. The lowest BCUT2D eigenvalue weighted by Crippen LogP contribution is -2.37. The van der Waals surface area contributed by atoms with Crippen molar-refractivity contribution in [3.8, 4) is 0 Å². The smallest absolute Gasteiger partial charge is 0.242 e. The molecule has 164 valence electrons. The molecule has 1 aliphatic rings. The number of fused-ring (bicyclic) bond motifs is 1. The van der Waals surface area contributed by atoms with Crippen LogP contribution in [0.1, 0.15) is 44.2 Å². The number of amides is 1. The second kappa shape index (κ2) is 9.42. The molecular formula is C22H26N4O3S2. The van der Waals surface area contributed by atoms with Crippen LogP contribution in [0.3, 0.4) is 0 Å². The van der Waals surface area contributed by atoms with Crippen LogP contribution in [0.2, 0.25) is 0 Å². The van der Waals surface area contributed by atoms with E-state index in [1.54, 1.807) is 18.2 Å². The molecule has 2 aromatic carbocycles. The van der Waals surface area contributed by atoms with Gasteiger partial charge in [-0.1, -0.05) is 36.4 Å². The van der Waals surface area contributed by atoms with Crippen LogP contribution >= 0.6 is 11.7 Å². The van der Waals surface area contributed by atoms with Crippen LogP contribution in [-0.2, 0) is 14.8 Å². The fraction of sp³-hybridized carbons (Fsp3) is 0.409. The summed E-state index contributed by atoms with van der Waals surface area (Å²) in [5.41, 5.74) is 2.08. The van der Waals surface area contributed by atoms with Gasteiger partial charge in [-0.2, -0.15) is 8.75 Å². The van der Waals surface area contributed by atoms with E-state index in [1.807, 2.05) is 37.3 Å². The molecule has 1 atom stereocenters. The summed E-state index contributed by atoms with van der Waals surface area (Å²) >= 11 is 1.00. The summed E-state index contributed by atoms with van der Waals surface area (Å²) in [6.45, 7) is 2.36. The number of carbonyl (C=O) groups excluding carboxylic acids is 1. The number of benzene rings is 2. The fourth-order valence-corrected chi connectivity index (χ4v) is 5.97. The molecule has 4 rings (SSSR count). The third kappa shape index (κ3) is 5.11. The van der Waals surface area contributed by atoms with Gasteiger partial charge in [0, 0.05) is 12.5 Å². The van der Waals surface area contributed by atoms with E-state index in [9.17, 15) is 13.2 Å². The minimum Gasteiger partial charge on any atom is -0.349 e. The number of nitrogens with one attached hydrogen (secondary N) is 2. The van der Waals surface area contributed by atoms with Crippen molar-refractivity contribution in [1.29, 1.82) is 0 Å². The predicted molar refractivity (Wildman–Crippen MR) is 121 cm³/mol. The van der Waals surface area contributed by atoms with E-state index < -0.39 is 10.0 Å². The van der Waals surface area contributed by atoms with Crippen LogP contribution in [0, 0.1) is 11.8 Å². The van der Waals surface area contributed by atoms with Crippen LogP contribution in [0.25, 0.3) is 11.0 Å². The molecule has 0 bridgehead atoms. The molecule has 2 N–H and O–H groups in total. The van der Waals surface area contributed by atoms with E-state index in [1.165, 1.54) is 0 Å². The first-order chi connectivity index (χ1) is 14.9. The molecule has 0 unspecified atom stereocenters. The highest BCUT2D eigenvalue weighted by atomic mass is 32.2. The summed E-state index contributed by atoms with van der Waals surface area (Å²) in [4.78, 5) is 12.8. The number of aromatic nitrogens is 2. The van der Waals surface area contributed by atoms with Gasteiger partial charge >= 0.3 is 0 Å². The molecule has 3 aromatic rings. The predicted octanol–water partition coefficient (Wildman–Crippen LogP) is 3.65. The molecule has 31 heavy (non-hydrogen) atoms. The van der Waals surface area contributed by atoms with Crippen LogP contribution < -0.4 is 10.0 Å². The summed E-state index contributed by atoms with van der Waals surface area (Å²) in [6.07, 6.45) is 3.18. The Morgan fingerprint density at radius 1 is 1.06 bits per heavy atom. The molecule has 1 heterocycles. The zero-order valence-electron chi connectivity index (χ0n) is 17.3. The normalized spacial score (nSPS) is 20.4. The number of nitrogens with zero attached hydrogens (tertiary/aromatic N) is 2. The van der Waals surface area contributed by atoms with Crippen LogP contribution in [-0.4, -0.2) is 29.6 Å². The molecule has 1 aromatic heterocycles. The van der Waals surface area contributed by atoms with E-state index >= 15 is 0 Å². The van der Waals surface area contributed by atoms with Gasteiger partial charge in [0.1, 0.15) is 15.9 Å². The van der Waals surface area contributed by atoms with Crippen LogP contribution in [0.15, 0.2) is 53.4 Å². The molecule has 0 saturated heterocycles. The Morgan fingerprint density at radius 3 is 2.55 bits per heavy atom. The monoisotopic (exact) mass is 458 g/mol. The maximum atomic E-state index is 12.8. The quantitative estimate of drug-likeness (QED) is 0.563. The molecule has 0 spiro atoms. The number of hydrogen-bond acceptors (Lipinski definition) is 6. The third-order valence-corrected chi connectivity index (χ3v) is 7.97. The van der Waals surface area contributed by atoms with Crippen molar-refractivity contribution in [2.75, 3.05) is 6.54 Å². The van der Waals surface area contributed by atoms with Crippen molar-refractivity contribution in [2.45, 2.75) is 43.5 Å². The SMILES string of the molecule is C[C@H](NC(=O)C1CCC(CNS(=O)(=O)c2cccc3nsnc23)CC1)c1ccccc1. The van der Waals surface area contributed by atoms with Crippen molar-refractivity contribution < 1.29 is 13.2 Å². The van der Waals surface area contributed by atoms with Crippen molar-refractivity contribution in [1.82, 2.24) is 18.8 Å². The topological polar surface area (TPSA) is 101 Å². The van der Waals surface area contributed by atoms with Gasteiger partial charge in [-0.15, -0.1) is 0 Å². The van der Waals surface area contributed by atoms with Crippen LogP contribution in [0.4, 0.5) is 0 Å². The van der Waals surface area contributed by atoms with Crippen molar-refractivity contribution >= 4 is 38.7 Å². The lowest BCUT2D eigenvalue weighted by molar-refractivity contribution is -0.126. The third-order valence-electron chi connectivity index (χ3n) is 5.98. The van der Waals surface area contributed by atoms with Gasteiger partial charge in [-0.25, -0.2) is 13.1 Å². The summed E-state index contributed by atoms with van der Waals surface area (Å²) < 4.78 is 36.5. The van der Waals surface area contributed by atoms with Gasteiger partial charge < -0.3 is 5.32 Å². The zero-order chi connectivity index (χ0) is 21.8. The fourth-order valence-electron chi connectivity index (χ4n) is 4.09. The average molecular weight is 459 g/mol. The Kier molecular flexibility index (Phi) is 6.64. The lowest BCUT2D eigenvalue weighted by Gasteiger charge is -2.29. The van der Waals surface area contributed by atoms with Gasteiger partial charge in [0.15, 0.2) is 0 Å². The van der Waals surface area contributed by atoms with Gasteiger partial charge in [0.25, 0.3) is 0 Å². The van der Waals surface area contributed by atoms with E-state index in [-0.39, 0.29) is 28.7 Å². The molecule has 1 saturated carbocycles. The Hall–Kier alpha value is -2.36. The number of hydrogen-bond donors (Lipinski definition) is 2. The molecule has 9 heteroatoms. The highest BCUT2D eigenvalue weighted by molar-refractivity contribution is 7.89. The molecule has 1 aliphatic carbocycles. The van der Waals surface area contributed by atoms with Gasteiger partial charge in [-0.3, -0.25) is 4.79 Å². The molecule has 7 nitrogen and oxygen atoms in total. The first-order valence-electron chi connectivity index (χ1n) is 10.5. The largest absolute Gasteiger partial charge is 0.349 e. The second-order valence-electron chi connectivity index (χ2n) is 8.10. The van der Waals surface area contributed by atoms with Gasteiger partial charge in [-0.05, 0) is 56.2 Å². The zero-order valence-corrected chi connectivity index (χ0v) is 19.0. The number of sulfonamides is 1. The first-order valence-corrected chi connectivity index (χ1v) is 12.7. The summed E-state index contributed by atoms with van der Waals surface area (Å²) in [5, 5.41) is 3.11. The highest BCUT2D eigenvalue weighted by Gasteiger charge is 2.28. The average Bonchev–Trinajstić information content (AvgIpc) is 3.27. The molecule has 0 radical (unpaired) electrons. The second-order valence-corrected chi connectivity index (χ2v) is 10.4. The van der Waals surface area contributed by atoms with Crippen molar-refractivity contribution in [3.63, 3.8) is 0 Å². The maximum Gasteiger partial charge on any atom is 0.242 e. The van der Waals surface area contributed by atoms with E-state index in [2.05, 4.69) is 18.8 Å². The van der Waals surface area contributed by atoms with Crippen LogP contribution in [0.5, 0.6) is 0 Å². The molecular weight excluding hydrogens is 432 g/mol. The van der Waals surface area contributed by atoms with Crippen molar-refractivity contribution in [2.24, 2.45) is 11.8 Å². The lowest BCUT2D eigenvalue weighted by atomic mass is 9.81. The maximum absolute atomic E-state index is 12.8. The van der Waals surface area contributed by atoms with Crippen molar-refractivity contribution in [3.05, 3.63) is 54.1 Å². The van der Waals surface area contributed by atoms with E-state index in [0.29, 0.717) is 17.6 Å². The number of carbonyl (C=O) groups is 1. The van der Waals surface area contributed by atoms with E-state index in [4.69, 9.17) is 0 Å². The summed E-state index contributed by atoms with van der Waals surface area (Å²) in [5.74, 6) is 0.282. The molecule has 1 amide bonds. The minimum atomic E-state index is -3.66. The van der Waals surface area contributed by atoms with Gasteiger partial charge in [0.2, 0.25) is 15.9 Å². The summed E-state index contributed by atoms with van der Waals surface area (Å²) in [7, 11) is -3.66. The number of rotatable bonds is 7. The van der Waals surface area contributed by atoms with E-state index in [0.717, 1.165) is 43.0 Å². The Morgan fingerprint density at radius 2 is 1.81 bits per heavy atom. The Balaban J connectivity index is 1.28. The van der Waals surface area contributed by atoms with Gasteiger partial charge in [0.05, 0.1) is 17.8 Å². The minimum absolute atomic E-state index is 0.0196.